The predicted octanol–water partition coefficient (Wildman–Crippen LogP) is 3.08. The van der Waals surface area contributed by atoms with Crippen molar-refractivity contribution in [3.8, 4) is 5.75 Å². The number of unbranched alkanes of at least 4 members (excludes halogenated alkanes) is 1. The van der Waals surface area contributed by atoms with Gasteiger partial charge in [0, 0.05) is 27.3 Å². The lowest BCUT2D eigenvalue weighted by atomic mass is 9.73. The Balaban J connectivity index is 1.52. The van der Waals surface area contributed by atoms with Crippen LogP contribution >= 0.6 is 0 Å². The smallest absolute Gasteiger partial charge is 0.232 e. The molecule has 0 unspecified atom stereocenters. The highest BCUT2D eigenvalue weighted by atomic mass is 16.5. The third-order valence-electron chi connectivity index (χ3n) is 5.90. The summed E-state index contributed by atoms with van der Waals surface area (Å²) in [5.41, 5.74) is 0.613. The number of hydrogen-bond acceptors (Lipinski definition) is 4. The fourth-order valence-corrected chi connectivity index (χ4v) is 4.28. The van der Waals surface area contributed by atoms with Crippen LogP contribution < -0.4 is 4.74 Å². The van der Waals surface area contributed by atoms with E-state index in [1.807, 2.05) is 26.2 Å². The Kier molecular flexibility index (Phi) is 7.13. The fourth-order valence-electron chi connectivity index (χ4n) is 4.28. The third-order valence-corrected chi connectivity index (χ3v) is 5.90. The molecule has 0 aromatic heterocycles. The lowest BCUT2D eigenvalue weighted by Crippen LogP contribution is -2.47. The maximum atomic E-state index is 12.9. The van der Waals surface area contributed by atoms with Crippen molar-refractivity contribution in [2.24, 2.45) is 0 Å². The molecular formula is C22H34N2O3. The molecule has 0 N–H and O–H groups in total. The van der Waals surface area contributed by atoms with Gasteiger partial charge in [0.05, 0.1) is 12.0 Å². The van der Waals surface area contributed by atoms with E-state index >= 15 is 0 Å². The van der Waals surface area contributed by atoms with Crippen LogP contribution in [-0.2, 0) is 14.9 Å². The largest absolute Gasteiger partial charge is 0.494 e. The van der Waals surface area contributed by atoms with E-state index in [1.165, 1.54) is 38.9 Å². The molecule has 3 rings (SSSR count). The molecule has 2 saturated heterocycles. The van der Waals surface area contributed by atoms with E-state index in [9.17, 15) is 4.79 Å². The number of carbonyl (C=O) groups excluding carboxylic acids is 1. The summed E-state index contributed by atoms with van der Waals surface area (Å²) in [5, 5.41) is 0. The van der Waals surface area contributed by atoms with E-state index in [4.69, 9.17) is 9.47 Å². The number of hydrogen-bond donors (Lipinski definition) is 0. The molecule has 2 heterocycles. The van der Waals surface area contributed by atoms with Gasteiger partial charge < -0.3 is 19.3 Å². The van der Waals surface area contributed by atoms with Crippen molar-refractivity contribution in [2.45, 2.75) is 43.9 Å². The number of benzene rings is 1. The zero-order chi connectivity index (χ0) is 19.1. The van der Waals surface area contributed by atoms with Crippen LogP contribution in [0.15, 0.2) is 24.3 Å². The lowest BCUT2D eigenvalue weighted by Gasteiger charge is -2.38. The molecule has 5 nitrogen and oxygen atoms in total. The molecule has 0 radical (unpaired) electrons. The standard InChI is InChI=1S/C22H34N2O3/c1-23(2)21(25)22(11-17-26-18-12-22)19-7-9-20(10-8-19)27-16-6-5-15-24-13-3-4-14-24/h7-10H,3-6,11-18H2,1-2H3. The number of ether oxygens (including phenoxy) is 2. The molecule has 0 atom stereocenters. The van der Waals surface area contributed by atoms with E-state index in [1.54, 1.807) is 4.90 Å². The monoisotopic (exact) mass is 374 g/mol. The summed E-state index contributed by atoms with van der Waals surface area (Å²) < 4.78 is 11.4. The summed E-state index contributed by atoms with van der Waals surface area (Å²) in [6, 6.07) is 8.14. The highest BCUT2D eigenvalue weighted by Gasteiger charge is 2.42. The molecule has 2 aliphatic rings. The van der Waals surface area contributed by atoms with Gasteiger partial charge in [0.25, 0.3) is 0 Å². The van der Waals surface area contributed by atoms with Crippen molar-refractivity contribution in [1.29, 1.82) is 0 Å². The van der Waals surface area contributed by atoms with Gasteiger partial charge in [0.2, 0.25) is 5.91 Å². The molecule has 150 valence electrons. The van der Waals surface area contributed by atoms with Crippen molar-refractivity contribution in [3.05, 3.63) is 29.8 Å². The topological polar surface area (TPSA) is 42.0 Å². The maximum absolute atomic E-state index is 12.9. The first kappa shape index (κ1) is 20.2. The Hall–Kier alpha value is -1.59. The predicted molar refractivity (Wildman–Crippen MR) is 107 cm³/mol. The molecule has 1 aromatic rings. The zero-order valence-electron chi connectivity index (χ0n) is 16.9. The third kappa shape index (κ3) is 5.02. The van der Waals surface area contributed by atoms with Crippen LogP contribution in [0.4, 0.5) is 0 Å². The molecular weight excluding hydrogens is 340 g/mol. The van der Waals surface area contributed by atoms with Gasteiger partial charge in [-0.2, -0.15) is 0 Å². The van der Waals surface area contributed by atoms with Crippen LogP contribution in [0.5, 0.6) is 5.75 Å². The van der Waals surface area contributed by atoms with Gasteiger partial charge in [-0.1, -0.05) is 12.1 Å². The summed E-state index contributed by atoms with van der Waals surface area (Å²) in [4.78, 5) is 17.1. The van der Waals surface area contributed by atoms with E-state index in [0.29, 0.717) is 13.2 Å². The fraction of sp³-hybridized carbons (Fsp3) is 0.682. The second-order valence-corrected chi connectivity index (χ2v) is 8.02. The lowest BCUT2D eigenvalue weighted by molar-refractivity contribution is -0.138. The Labute approximate surface area is 163 Å². The SMILES string of the molecule is CN(C)C(=O)C1(c2ccc(OCCCCN3CCCC3)cc2)CCOCC1. The molecule has 2 aliphatic heterocycles. The maximum Gasteiger partial charge on any atom is 0.232 e. The minimum Gasteiger partial charge on any atom is -0.494 e. The normalized spacial score (nSPS) is 19.8. The van der Waals surface area contributed by atoms with Gasteiger partial charge in [-0.05, 0) is 75.9 Å². The molecule has 0 bridgehead atoms. The first-order valence-corrected chi connectivity index (χ1v) is 10.4. The Morgan fingerprint density at radius 3 is 2.41 bits per heavy atom. The number of rotatable bonds is 8. The van der Waals surface area contributed by atoms with Crippen LogP contribution in [0.2, 0.25) is 0 Å². The second-order valence-electron chi connectivity index (χ2n) is 8.02. The van der Waals surface area contributed by atoms with E-state index in [2.05, 4.69) is 17.0 Å². The summed E-state index contributed by atoms with van der Waals surface area (Å²) in [7, 11) is 3.67. The molecule has 0 aliphatic carbocycles. The first-order valence-electron chi connectivity index (χ1n) is 10.4. The van der Waals surface area contributed by atoms with Gasteiger partial charge in [-0.15, -0.1) is 0 Å². The van der Waals surface area contributed by atoms with Gasteiger partial charge >= 0.3 is 0 Å². The van der Waals surface area contributed by atoms with Gasteiger partial charge in [-0.3, -0.25) is 4.79 Å². The summed E-state index contributed by atoms with van der Waals surface area (Å²) >= 11 is 0. The van der Waals surface area contributed by atoms with Crippen LogP contribution in [0.25, 0.3) is 0 Å². The number of carbonyl (C=O) groups is 1. The molecule has 0 spiro atoms. The summed E-state index contributed by atoms with van der Waals surface area (Å²) in [6.45, 7) is 5.74. The van der Waals surface area contributed by atoms with Crippen LogP contribution in [0.1, 0.15) is 44.1 Å². The van der Waals surface area contributed by atoms with Crippen molar-refractivity contribution < 1.29 is 14.3 Å². The molecule has 1 aromatic carbocycles. The van der Waals surface area contributed by atoms with E-state index in [0.717, 1.165) is 37.2 Å². The van der Waals surface area contributed by atoms with Crippen molar-refractivity contribution in [2.75, 3.05) is 53.6 Å². The van der Waals surface area contributed by atoms with Gasteiger partial charge in [0.1, 0.15) is 5.75 Å². The van der Waals surface area contributed by atoms with Crippen LogP contribution in [0, 0.1) is 0 Å². The van der Waals surface area contributed by atoms with Gasteiger partial charge in [0.15, 0.2) is 0 Å². The number of nitrogens with zero attached hydrogens (tertiary/aromatic N) is 2. The second kappa shape index (κ2) is 9.56. The van der Waals surface area contributed by atoms with Crippen LogP contribution in [-0.4, -0.2) is 69.3 Å². The average Bonchev–Trinajstić information content (AvgIpc) is 3.21. The van der Waals surface area contributed by atoms with Gasteiger partial charge in [-0.25, -0.2) is 0 Å². The quantitative estimate of drug-likeness (QED) is 0.656. The Bertz CT molecular complexity index is 588. The number of likely N-dealkylation sites (N-methyl/N-ethyl adjacent to an activating group) is 1. The van der Waals surface area contributed by atoms with E-state index < -0.39 is 5.41 Å². The highest BCUT2D eigenvalue weighted by Crippen LogP contribution is 2.37. The van der Waals surface area contributed by atoms with Crippen molar-refractivity contribution in [1.82, 2.24) is 9.80 Å². The van der Waals surface area contributed by atoms with Crippen molar-refractivity contribution >= 4 is 5.91 Å². The number of amides is 1. The molecule has 27 heavy (non-hydrogen) atoms. The average molecular weight is 375 g/mol. The minimum absolute atomic E-state index is 0.168. The van der Waals surface area contributed by atoms with E-state index in [-0.39, 0.29) is 5.91 Å². The molecule has 5 heteroatoms. The van der Waals surface area contributed by atoms with Crippen LogP contribution in [0.3, 0.4) is 0 Å². The first-order chi connectivity index (χ1) is 13.1. The number of likely N-dealkylation sites (tertiary alicyclic amines) is 1. The Morgan fingerprint density at radius 1 is 1.11 bits per heavy atom. The Morgan fingerprint density at radius 2 is 1.78 bits per heavy atom. The molecule has 1 amide bonds. The summed E-state index contributed by atoms with van der Waals surface area (Å²) in [5.74, 6) is 1.06. The molecule has 2 fully saturated rings. The highest BCUT2D eigenvalue weighted by molar-refractivity contribution is 5.88. The van der Waals surface area contributed by atoms with Crippen molar-refractivity contribution in [3.63, 3.8) is 0 Å². The minimum atomic E-state index is -0.462. The zero-order valence-corrected chi connectivity index (χ0v) is 16.9. The molecule has 0 saturated carbocycles. The summed E-state index contributed by atoms with van der Waals surface area (Å²) in [6.07, 6.45) is 6.46.